The maximum Gasteiger partial charge on any atom is 0.226 e. The number of hydrogen-bond acceptors (Lipinski definition) is 5. The lowest BCUT2D eigenvalue weighted by Crippen LogP contribution is -2.32. The van der Waals surface area contributed by atoms with Gasteiger partial charge in [-0.05, 0) is 6.07 Å². The fourth-order valence-corrected chi connectivity index (χ4v) is 0.530. The molecule has 1 heterocycles. The summed E-state index contributed by atoms with van der Waals surface area (Å²) in [5.74, 6) is -2.89. The predicted molar refractivity (Wildman–Crippen MR) is 31.4 cm³/mol. The summed E-state index contributed by atoms with van der Waals surface area (Å²) in [5.41, 5.74) is -0.167. The highest BCUT2D eigenvalue weighted by atomic mass is 16.4. The number of carboxylic acid groups (broad SMARTS) is 1. The molecular weight excluding hydrogens is 148 g/mol. The Morgan fingerprint density at radius 3 is 2.64 bits per heavy atom. The summed E-state index contributed by atoms with van der Waals surface area (Å²) in [6.45, 7) is 0. The highest BCUT2D eigenvalue weighted by Gasteiger charge is 2.05. The van der Waals surface area contributed by atoms with Crippen LogP contribution in [0.2, 0.25) is 0 Å². The standard InChI is InChI=1S/C6H4N2O3/c9-5(6(10)11)4-1-2-7-3-8-4/h1-3H,(H,10,11)/p-1. The molecule has 5 nitrogen and oxygen atoms in total. The lowest BCUT2D eigenvalue weighted by atomic mass is 10.3. The van der Waals surface area contributed by atoms with Crippen LogP contribution in [0.5, 0.6) is 0 Å². The number of rotatable bonds is 2. The molecule has 0 fully saturated rings. The average molecular weight is 151 g/mol. The zero-order valence-corrected chi connectivity index (χ0v) is 5.35. The van der Waals surface area contributed by atoms with Crippen molar-refractivity contribution in [3.63, 3.8) is 0 Å². The zero-order chi connectivity index (χ0) is 8.27. The number of carbonyl (C=O) groups is 2. The van der Waals surface area contributed by atoms with Gasteiger partial charge in [0.15, 0.2) is 0 Å². The van der Waals surface area contributed by atoms with E-state index in [0.29, 0.717) is 0 Å². The van der Waals surface area contributed by atoms with E-state index in [1.807, 2.05) is 0 Å². The molecule has 0 saturated carbocycles. The van der Waals surface area contributed by atoms with E-state index in [-0.39, 0.29) is 5.69 Å². The second-order valence-corrected chi connectivity index (χ2v) is 1.71. The molecule has 56 valence electrons. The van der Waals surface area contributed by atoms with E-state index >= 15 is 0 Å². The van der Waals surface area contributed by atoms with Crippen molar-refractivity contribution in [3.05, 3.63) is 24.3 Å². The third-order valence-electron chi connectivity index (χ3n) is 1.000. The Morgan fingerprint density at radius 1 is 1.45 bits per heavy atom. The predicted octanol–water partition coefficient (Wildman–Crippen LogP) is -1.59. The number of nitrogens with zero attached hydrogens (tertiary/aromatic N) is 2. The van der Waals surface area contributed by atoms with Crippen molar-refractivity contribution in [2.45, 2.75) is 0 Å². The summed E-state index contributed by atoms with van der Waals surface area (Å²) >= 11 is 0. The van der Waals surface area contributed by atoms with Crippen LogP contribution in [-0.2, 0) is 4.79 Å². The topological polar surface area (TPSA) is 83.0 Å². The van der Waals surface area contributed by atoms with Gasteiger partial charge in [0.05, 0.1) is 0 Å². The third-order valence-corrected chi connectivity index (χ3v) is 1.000. The van der Waals surface area contributed by atoms with Gasteiger partial charge in [-0.25, -0.2) is 9.97 Å². The normalized spacial score (nSPS) is 9.09. The molecule has 0 aliphatic rings. The van der Waals surface area contributed by atoms with Gasteiger partial charge in [0, 0.05) is 6.20 Å². The van der Waals surface area contributed by atoms with Crippen molar-refractivity contribution in [2.75, 3.05) is 0 Å². The van der Waals surface area contributed by atoms with Crippen molar-refractivity contribution in [2.24, 2.45) is 0 Å². The van der Waals surface area contributed by atoms with Crippen molar-refractivity contribution < 1.29 is 14.7 Å². The number of carboxylic acids is 1. The molecule has 0 aliphatic heterocycles. The first-order valence-electron chi connectivity index (χ1n) is 2.73. The maximum absolute atomic E-state index is 10.6. The summed E-state index contributed by atoms with van der Waals surface area (Å²) in [5, 5.41) is 9.98. The summed E-state index contributed by atoms with van der Waals surface area (Å²) < 4.78 is 0. The van der Waals surface area contributed by atoms with E-state index < -0.39 is 11.8 Å². The molecule has 1 rings (SSSR count). The smallest absolute Gasteiger partial charge is 0.226 e. The first-order chi connectivity index (χ1) is 5.22. The highest BCUT2D eigenvalue weighted by molar-refractivity contribution is 6.38. The van der Waals surface area contributed by atoms with E-state index in [1.165, 1.54) is 12.3 Å². The second-order valence-electron chi connectivity index (χ2n) is 1.71. The van der Waals surface area contributed by atoms with Crippen LogP contribution < -0.4 is 5.11 Å². The molecule has 0 atom stereocenters. The van der Waals surface area contributed by atoms with Gasteiger partial charge < -0.3 is 9.90 Å². The Labute approximate surface area is 61.7 Å². The van der Waals surface area contributed by atoms with Crippen LogP contribution in [-0.4, -0.2) is 21.7 Å². The number of aromatic nitrogens is 2. The molecule has 1 aromatic heterocycles. The van der Waals surface area contributed by atoms with E-state index in [2.05, 4.69) is 9.97 Å². The fraction of sp³-hybridized carbons (Fsp3) is 0. The van der Waals surface area contributed by atoms with Crippen LogP contribution in [0.15, 0.2) is 18.6 Å². The Morgan fingerprint density at radius 2 is 2.18 bits per heavy atom. The largest absolute Gasteiger partial charge is 0.541 e. The summed E-state index contributed by atoms with van der Waals surface area (Å²) in [6.07, 6.45) is 2.37. The Kier molecular flexibility index (Phi) is 1.91. The van der Waals surface area contributed by atoms with Gasteiger partial charge in [-0.1, -0.05) is 0 Å². The molecule has 0 saturated heterocycles. The van der Waals surface area contributed by atoms with Gasteiger partial charge in [-0.2, -0.15) is 0 Å². The van der Waals surface area contributed by atoms with Gasteiger partial charge in [0.25, 0.3) is 0 Å². The van der Waals surface area contributed by atoms with Crippen LogP contribution in [0.25, 0.3) is 0 Å². The molecule has 0 radical (unpaired) electrons. The van der Waals surface area contributed by atoms with Crippen molar-refractivity contribution >= 4 is 11.8 Å². The van der Waals surface area contributed by atoms with Gasteiger partial charge in [0.1, 0.15) is 18.0 Å². The minimum absolute atomic E-state index is 0.167. The molecule has 0 bridgehead atoms. The molecule has 0 amide bonds. The first-order valence-corrected chi connectivity index (χ1v) is 2.73. The van der Waals surface area contributed by atoms with Crippen molar-refractivity contribution in [1.82, 2.24) is 9.97 Å². The first kappa shape index (κ1) is 7.33. The van der Waals surface area contributed by atoms with Crippen LogP contribution in [0, 0.1) is 0 Å². The second kappa shape index (κ2) is 2.87. The molecule has 0 N–H and O–H groups in total. The highest BCUT2D eigenvalue weighted by Crippen LogP contribution is 1.90. The molecule has 0 aliphatic carbocycles. The van der Waals surface area contributed by atoms with Crippen LogP contribution in [0.4, 0.5) is 0 Å². The Balaban J connectivity index is 2.95. The molecule has 0 spiro atoms. The zero-order valence-electron chi connectivity index (χ0n) is 5.35. The monoisotopic (exact) mass is 151 g/mol. The van der Waals surface area contributed by atoms with Crippen molar-refractivity contribution in [1.29, 1.82) is 0 Å². The Bertz CT molecular complexity index is 283. The molecule has 0 unspecified atom stereocenters. The van der Waals surface area contributed by atoms with Gasteiger partial charge in [-0.15, -0.1) is 0 Å². The number of aliphatic carboxylic acids is 1. The summed E-state index contributed by atoms with van der Waals surface area (Å²) in [4.78, 5) is 27.5. The number of hydrogen-bond donors (Lipinski definition) is 0. The summed E-state index contributed by atoms with van der Waals surface area (Å²) in [6, 6.07) is 1.21. The minimum Gasteiger partial charge on any atom is -0.541 e. The number of Topliss-reactive ketones (excluding diaryl/α,β-unsaturated/α-hetero) is 1. The van der Waals surface area contributed by atoms with Gasteiger partial charge in [0.2, 0.25) is 5.78 Å². The van der Waals surface area contributed by atoms with E-state index in [1.54, 1.807) is 0 Å². The minimum atomic E-state index is -1.76. The van der Waals surface area contributed by atoms with Crippen LogP contribution in [0.1, 0.15) is 10.5 Å². The van der Waals surface area contributed by atoms with Gasteiger partial charge in [-0.3, -0.25) is 4.79 Å². The molecule has 11 heavy (non-hydrogen) atoms. The average Bonchev–Trinajstić information content (AvgIpc) is 2.05. The third kappa shape index (κ3) is 1.57. The van der Waals surface area contributed by atoms with E-state index in [9.17, 15) is 14.7 Å². The SMILES string of the molecule is O=C([O-])C(=O)c1ccncn1. The number of ketones is 1. The number of carbonyl (C=O) groups excluding carboxylic acids is 2. The van der Waals surface area contributed by atoms with Crippen molar-refractivity contribution in [3.8, 4) is 0 Å². The maximum atomic E-state index is 10.6. The van der Waals surface area contributed by atoms with Crippen LogP contribution >= 0.6 is 0 Å². The molecule has 0 aromatic carbocycles. The lowest BCUT2D eigenvalue weighted by Gasteiger charge is -1.97. The summed E-state index contributed by atoms with van der Waals surface area (Å²) in [7, 11) is 0. The van der Waals surface area contributed by atoms with Crippen LogP contribution in [0.3, 0.4) is 0 Å². The molecular formula is C6H3N2O3-. The molecule has 1 aromatic rings. The van der Waals surface area contributed by atoms with E-state index in [0.717, 1.165) is 6.33 Å². The quantitative estimate of drug-likeness (QED) is 0.376. The Hall–Kier alpha value is -1.78. The fourth-order valence-electron chi connectivity index (χ4n) is 0.530. The van der Waals surface area contributed by atoms with E-state index in [4.69, 9.17) is 0 Å². The molecule has 5 heteroatoms. The van der Waals surface area contributed by atoms with Gasteiger partial charge >= 0.3 is 0 Å². The lowest BCUT2D eigenvalue weighted by molar-refractivity contribution is -0.296.